The Hall–Kier alpha value is -2.12. The van der Waals surface area contributed by atoms with Gasteiger partial charge in [-0.1, -0.05) is 11.6 Å². The number of ketones is 1. The van der Waals surface area contributed by atoms with E-state index >= 15 is 0 Å². The van der Waals surface area contributed by atoms with Crippen LogP contribution in [0.3, 0.4) is 0 Å². The van der Waals surface area contributed by atoms with Crippen molar-refractivity contribution >= 4 is 27.2 Å². The third-order valence-corrected chi connectivity index (χ3v) is 4.82. The van der Waals surface area contributed by atoms with E-state index in [-0.39, 0.29) is 28.3 Å². The molecule has 0 atom stereocenters. The summed E-state index contributed by atoms with van der Waals surface area (Å²) >= 11 is 6.03. The molecule has 0 saturated heterocycles. The predicted molar refractivity (Wildman–Crippen MR) is 90.5 cm³/mol. The first-order chi connectivity index (χ1) is 11.1. The highest BCUT2D eigenvalue weighted by atomic mass is 35.5. The highest BCUT2D eigenvalue weighted by Gasteiger charge is 2.14. The van der Waals surface area contributed by atoms with Gasteiger partial charge in [-0.3, -0.25) is 10.2 Å². The highest BCUT2D eigenvalue weighted by Crippen LogP contribution is 2.23. The van der Waals surface area contributed by atoms with E-state index < -0.39 is 9.84 Å². The summed E-state index contributed by atoms with van der Waals surface area (Å²) < 4.78 is 30.2. The molecule has 8 heteroatoms. The third-order valence-electron chi connectivity index (χ3n) is 3.50. The van der Waals surface area contributed by atoms with Gasteiger partial charge in [-0.2, -0.15) is 0 Å². The van der Waals surface area contributed by atoms with Gasteiger partial charge in [0, 0.05) is 18.0 Å². The molecule has 2 aromatic rings. The summed E-state index contributed by atoms with van der Waals surface area (Å²) in [6.45, 7) is 1.51. The Kier molecular flexibility index (Phi) is 5.15. The minimum absolute atomic E-state index is 0.00119. The average molecular weight is 369 g/mol. The number of rotatable bonds is 5. The molecule has 1 aromatic heterocycles. The normalized spacial score (nSPS) is 11.3. The molecule has 2 rings (SSSR count). The molecule has 0 saturated carbocycles. The minimum Gasteiger partial charge on any atom is -0.496 e. The Labute approximate surface area is 145 Å². The molecule has 128 valence electrons. The van der Waals surface area contributed by atoms with Crippen molar-refractivity contribution in [1.82, 2.24) is 4.57 Å². The molecule has 1 heterocycles. The lowest BCUT2D eigenvalue weighted by molar-refractivity contribution is 0.101. The number of nitrogens with one attached hydrogen (secondary N) is 1. The molecule has 6 nitrogen and oxygen atoms in total. The monoisotopic (exact) mass is 368 g/mol. The number of ether oxygens (including phenoxy) is 1. The van der Waals surface area contributed by atoms with Crippen LogP contribution in [0.2, 0.25) is 5.02 Å². The molecule has 0 aliphatic carbocycles. The summed E-state index contributed by atoms with van der Waals surface area (Å²) in [5.41, 5.74) is 0.759. The Morgan fingerprint density at radius 3 is 2.54 bits per heavy atom. The lowest BCUT2D eigenvalue weighted by atomic mass is 10.1. The standard InChI is InChI=1S/C16H17ClN2O4S/c1-10(20)14-7-12(17)9-19(16(14)18)8-11-6-13(24(3,21)22)4-5-15(11)23-2/h4-7,9,18H,8H2,1-3H3. The third kappa shape index (κ3) is 3.85. The smallest absolute Gasteiger partial charge is 0.175 e. The number of carbonyl (C=O) groups is 1. The summed E-state index contributed by atoms with van der Waals surface area (Å²) in [6.07, 6.45) is 2.64. The number of halogens is 1. The molecular weight excluding hydrogens is 352 g/mol. The quantitative estimate of drug-likeness (QED) is 0.820. The zero-order chi connectivity index (χ0) is 18.1. The van der Waals surface area contributed by atoms with E-state index in [1.54, 1.807) is 6.07 Å². The van der Waals surface area contributed by atoms with Gasteiger partial charge in [0.1, 0.15) is 11.2 Å². The molecule has 0 aliphatic rings. The number of hydrogen-bond donors (Lipinski definition) is 1. The maximum atomic E-state index is 11.8. The summed E-state index contributed by atoms with van der Waals surface area (Å²) in [5, 5.41) is 8.47. The van der Waals surface area contributed by atoms with Crippen LogP contribution in [-0.4, -0.2) is 32.1 Å². The van der Waals surface area contributed by atoms with Gasteiger partial charge >= 0.3 is 0 Å². The van der Waals surface area contributed by atoms with Crippen LogP contribution in [0.4, 0.5) is 0 Å². The van der Waals surface area contributed by atoms with Gasteiger partial charge in [-0.05, 0) is 31.2 Å². The van der Waals surface area contributed by atoms with E-state index in [2.05, 4.69) is 0 Å². The molecule has 0 bridgehead atoms. The number of hydrogen-bond acceptors (Lipinski definition) is 5. The van der Waals surface area contributed by atoms with E-state index in [0.717, 1.165) is 6.26 Å². The zero-order valence-corrected chi connectivity index (χ0v) is 15.0. The van der Waals surface area contributed by atoms with E-state index in [1.165, 1.54) is 43.0 Å². The van der Waals surface area contributed by atoms with Gasteiger partial charge in [0.05, 0.1) is 29.1 Å². The maximum Gasteiger partial charge on any atom is 0.175 e. The Bertz CT molecular complexity index is 965. The van der Waals surface area contributed by atoms with Gasteiger partial charge in [0.15, 0.2) is 15.6 Å². The van der Waals surface area contributed by atoms with Crippen LogP contribution in [-0.2, 0) is 16.4 Å². The number of carbonyl (C=O) groups excluding carboxylic acids is 1. The Balaban J connectivity index is 2.59. The molecule has 0 aliphatic heterocycles. The van der Waals surface area contributed by atoms with E-state index in [1.807, 2.05) is 0 Å². The molecular formula is C16H17ClN2O4S. The van der Waals surface area contributed by atoms with Crippen LogP contribution in [0.5, 0.6) is 5.75 Å². The van der Waals surface area contributed by atoms with E-state index in [9.17, 15) is 13.2 Å². The first-order valence-electron chi connectivity index (χ1n) is 6.96. The first kappa shape index (κ1) is 18.2. The number of Topliss-reactive ketones (excluding diaryl/α,β-unsaturated/α-hetero) is 1. The first-order valence-corrected chi connectivity index (χ1v) is 9.23. The van der Waals surface area contributed by atoms with Crippen LogP contribution in [0.15, 0.2) is 35.4 Å². The van der Waals surface area contributed by atoms with Crippen molar-refractivity contribution in [2.45, 2.75) is 18.4 Å². The number of aromatic nitrogens is 1. The van der Waals surface area contributed by atoms with Crippen LogP contribution in [0.25, 0.3) is 0 Å². The van der Waals surface area contributed by atoms with Crippen molar-refractivity contribution in [3.63, 3.8) is 0 Å². The van der Waals surface area contributed by atoms with E-state index in [0.29, 0.717) is 16.3 Å². The van der Waals surface area contributed by atoms with Crippen molar-refractivity contribution in [1.29, 1.82) is 5.41 Å². The van der Waals surface area contributed by atoms with Gasteiger partial charge in [0.2, 0.25) is 0 Å². The Morgan fingerprint density at radius 1 is 1.33 bits per heavy atom. The number of pyridine rings is 1. The average Bonchev–Trinajstić information content (AvgIpc) is 2.49. The van der Waals surface area contributed by atoms with Crippen LogP contribution in [0.1, 0.15) is 22.8 Å². The minimum atomic E-state index is -3.37. The lowest BCUT2D eigenvalue weighted by Gasteiger charge is -2.14. The topological polar surface area (TPSA) is 89.2 Å². The fourth-order valence-electron chi connectivity index (χ4n) is 2.30. The number of benzene rings is 1. The van der Waals surface area contributed by atoms with Gasteiger partial charge in [-0.25, -0.2) is 8.42 Å². The summed E-state index contributed by atoms with van der Waals surface area (Å²) in [7, 11) is -1.90. The maximum absolute atomic E-state index is 11.8. The molecule has 0 amide bonds. The number of sulfone groups is 1. The van der Waals surface area contributed by atoms with Gasteiger partial charge in [0.25, 0.3) is 0 Å². The lowest BCUT2D eigenvalue weighted by Crippen LogP contribution is -2.26. The summed E-state index contributed by atoms with van der Waals surface area (Å²) in [6, 6.07) is 5.96. The molecule has 0 spiro atoms. The van der Waals surface area contributed by atoms with Gasteiger partial charge < -0.3 is 9.30 Å². The van der Waals surface area contributed by atoms with Crippen molar-refractivity contribution < 1.29 is 17.9 Å². The SMILES string of the molecule is COc1ccc(S(C)(=O)=O)cc1Cn1cc(Cl)cc(C(C)=O)c1=N. The summed E-state index contributed by atoms with van der Waals surface area (Å²) in [5.74, 6) is 0.215. The Morgan fingerprint density at radius 2 is 2.00 bits per heavy atom. The molecule has 1 N–H and O–H groups in total. The van der Waals surface area contributed by atoms with Crippen molar-refractivity contribution in [3.8, 4) is 5.75 Å². The molecule has 0 fully saturated rings. The second-order valence-electron chi connectivity index (χ2n) is 5.35. The fraction of sp³-hybridized carbons (Fsp3) is 0.250. The second kappa shape index (κ2) is 6.78. The van der Waals surface area contributed by atoms with Crippen molar-refractivity contribution in [3.05, 3.63) is 52.1 Å². The molecule has 24 heavy (non-hydrogen) atoms. The molecule has 0 unspecified atom stereocenters. The van der Waals surface area contributed by atoms with E-state index in [4.69, 9.17) is 21.7 Å². The predicted octanol–water partition coefficient (Wildman–Crippen LogP) is 2.28. The van der Waals surface area contributed by atoms with Crippen LogP contribution in [0, 0.1) is 5.41 Å². The van der Waals surface area contributed by atoms with Crippen molar-refractivity contribution in [2.24, 2.45) is 0 Å². The highest BCUT2D eigenvalue weighted by molar-refractivity contribution is 7.90. The molecule has 1 aromatic carbocycles. The fourth-order valence-corrected chi connectivity index (χ4v) is 3.20. The second-order valence-corrected chi connectivity index (χ2v) is 7.80. The number of nitrogens with zero attached hydrogens (tertiary/aromatic N) is 1. The van der Waals surface area contributed by atoms with Crippen LogP contribution < -0.4 is 10.2 Å². The zero-order valence-electron chi connectivity index (χ0n) is 13.5. The van der Waals surface area contributed by atoms with Crippen molar-refractivity contribution in [2.75, 3.05) is 13.4 Å². The summed E-state index contributed by atoms with van der Waals surface area (Å²) in [4.78, 5) is 11.8. The van der Waals surface area contributed by atoms with Crippen LogP contribution >= 0.6 is 11.6 Å². The molecule has 0 radical (unpaired) electrons. The van der Waals surface area contributed by atoms with Gasteiger partial charge in [-0.15, -0.1) is 0 Å². The largest absolute Gasteiger partial charge is 0.496 e. The number of methoxy groups -OCH3 is 1.